The third-order valence-corrected chi connectivity index (χ3v) is 5.23. The zero-order chi connectivity index (χ0) is 23.1. The molecule has 0 radical (unpaired) electrons. The Hall–Kier alpha value is -4.10. The largest absolute Gasteiger partial charge is 0.508 e. The van der Waals surface area contributed by atoms with Gasteiger partial charge in [-0.15, -0.1) is 0 Å². The second-order valence-corrected chi connectivity index (χ2v) is 7.78. The van der Waals surface area contributed by atoms with E-state index in [1.165, 1.54) is 42.5 Å². The monoisotopic (exact) mass is 448 g/mol. The summed E-state index contributed by atoms with van der Waals surface area (Å²) in [6.07, 6.45) is 0. The summed E-state index contributed by atoms with van der Waals surface area (Å²) in [6.45, 7) is 0. The predicted octanol–water partition coefficient (Wildman–Crippen LogP) is 4.36. The van der Waals surface area contributed by atoms with Gasteiger partial charge >= 0.3 is 0 Å². The molecule has 0 heterocycles. The molecule has 162 valence electrons. The predicted molar refractivity (Wildman–Crippen MR) is 122 cm³/mol. The van der Waals surface area contributed by atoms with Crippen molar-refractivity contribution in [3.63, 3.8) is 0 Å². The van der Waals surface area contributed by atoms with E-state index in [4.69, 9.17) is 10.2 Å². The van der Waals surface area contributed by atoms with E-state index in [-0.39, 0.29) is 27.9 Å². The highest BCUT2D eigenvalue weighted by Crippen LogP contribution is 2.30. The topological polar surface area (TPSA) is 112 Å². The summed E-state index contributed by atoms with van der Waals surface area (Å²) in [5, 5.41) is 27.9. The Balaban J connectivity index is 0.000000181. The third-order valence-electron chi connectivity index (χ3n) is 4.53. The lowest BCUT2D eigenvalue weighted by atomic mass is 10.0. The number of phenolic OH excluding ortho intramolecular Hbond substituents is 3. The quantitative estimate of drug-likeness (QED) is 0.273. The number of thiol groups is 1. The second kappa shape index (κ2) is 10.3. The molecule has 32 heavy (non-hydrogen) atoms. The van der Waals surface area contributed by atoms with Gasteiger partial charge in [0.2, 0.25) is 0 Å². The van der Waals surface area contributed by atoms with Crippen molar-refractivity contribution >= 4 is 16.5 Å². The van der Waals surface area contributed by atoms with Gasteiger partial charge in [-0.25, -0.2) is 8.42 Å². The van der Waals surface area contributed by atoms with Crippen LogP contribution in [0.5, 0.6) is 17.2 Å². The SMILES string of the molecule is O=C(c1ccc(O)cc1)c1ccc(O)cc1.O=[SH](=O)c1ccc(O)c(-c2ccccc2)c1. The average molecular weight is 448 g/mol. The maximum Gasteiger partial charge on any atom is 0.193 e. The number of rotatable bonds is 4. The smallest absolute Gasteiger partial charge is 0.193 e. The first-order valence-corrected chi connectivity index (χ1v) is 10.7. The van der Waals surface area contributed by atoms with Crippen LogP contribution in [-0.2, 0) is 10.7 Å². The highest BCUT2D eigenvalue weighted by Gasteiger charge is 2.08. The van der Waals surface area contributed by atoms with E-state index in [0.717, 1.165) is 5.56 Å². The Morgan fingerprint density at radius 3 is 1.59 bits per heavy atom. The van der Waals surface area contributed by atoms with Crippen molar-refractivity contribution in [2.45, 2.75) is 4.90 Å². The third kappa shape index (κ3) is 5.74. The van der Waals surface area contributed by atoms with Crippen LogP contribution in [0.2, 0.25) is 0 Å². The normalized spacial score (nSPS) is 10.3. The van der Waals surface area contributed by atoms with Crippen LogP contribution in [0.1, 0.15) is 15.9 Å². The first-order valence-electron chi connectivity index (χ1n) is 9.51. The van der Waals surface area contributed by atoms with E-state index in [0.29, 0.717) is 16.7 Å². The Kier molecular flexibility index (Phi) is 7.25. The van der Waals surface area contributed by atoms with Gasteiger partial charge in [0, 0.05) is 16.7 Å². The highest BCUT2D eigenvalue weighted by atomic mass is 32.2. The number of benzene rings is 4. The lowest BCUT2D eigenvalue weighted by Gasteiger charge is -2.04. The molecule has 7 heteroatoms. The van der Waals surface area contributed by atoms with Gasteiger partial charge in [0.15, 0.2) is 16.5 Å². The van der Waals surface area contributed by atoms with Gasteiger partial charge in [-0.1, -0.05) is 30.3 Å². The molecule has 0 saturated heterocycles. The van der Waals surface area contributed by atoms with Gasteiger partial charge in [-0.3, -0.25) is 4.79 Å². The molecule has 0 saturated carbocycles. The molecule has 4 rings (SSSR count). The lowest BCUT2D eigenvalue weighted by Crippen LogP contribution is -2.00. The maximum atomic E-state index is 11.9. The zero-order valence-corrected chi connectivity index (χ0v) is 17.6. The van der Waals surface area contributed by atoms with Crippen LogP contribution in [0.4, 0.5) is 0 Å². The van der Waals surface area contributed by atoms with Crippen molar-refractivity contribution in [1.29, 1.82) is 0 Å². The van der Waals surface area contributed by atoms with Crippen molar-refractivity contribution in [1.82, 2.24) is 0 Å². The number of carbonyl (C=O) groups excluding carboxylic acids is 1. The molecule has 0 amide bonds. The van der Waals surface area contributed by atoms with Crippen LogP contribution in [0, 0.1) is 0 Å². The second-order valence-electron chi connectivity index (χ2n) is 6.75. The van der Waals surface area contributed by atoms with E-state index in [9.17, 15) is 18.3 Å². The molecule has 0 unspecified atom stereocenters. The van der Waals surface area contributed by atoms with Crippen LogP contribution < -0.4 is 0 Å². The van der Waals surface area contributed by atoms with E-state index >= 15 is 0 Å². The zero-order valence-electron chi connectivity index (χ0n) is 16.8. The summed E-state index contributed by atoms with van der Waals surface area (Å²) in [5.74, 6) is 0.191. The molecule has 0 atom stereocenters. The van der Waals surface area contributed by atoms with Gasteiger partial charge < -0.3 is 15.3 Å². The Labute approximate surface area is 186 Å². The van der Waals surface area contributed by atoms with Gasteiger partial charge in [0.25, 0.3) is 0 Å². The standard InChI is InChI=1S/C13H10O3.C12H10O3S/c14-11-5-1-9(2-6-11)13(16)10-3-7-12(15)8-4-10;13-12-7-6-10(16(14)15)8-11(12)9-4-2-1-3-5-9/h1-8,14-15H;1-8,13,16H. The Morgan fingerprint density at radius 1 is 0.625 bits per heavy atom. The minimum absolute atomic E-state index is 0.0757. The molecule has 0 aliphatic rings. The van der Waals surface area contributed by atoms with Gasteiger partial charge in [0.1, 0.15) is 17.2 Å². The summed E-state index contributed by atoms with van der Waals surface area (Å²) in [6, 6.07) is 25.5. The van der Waals surface area contributed by atoms with E-state index < -0.39 is 10.7 Å². The first kappa shape index (κ1) is 22.6. The van der Waals surface area contributed by atoms with Gasteiger partial charge in [-0.2, -0.15) is 0 Å². The van der Waals surface area contributed by atoms with E-state index in [1.54, 1.807) is 24.3 Å². The van der Waals surface area contributed by atoms with E-state index in [2.05, 4.69) is 0 Å². The summed E-state index contributed by atoms with van der Waals surface area (Å²) >= 11 is 0. The van der Waals surface area contributed by atoms with Crippen molar-refractivity contribution in [3.05, 3.63) is 108 Å². The van der Waals surface area contributed by atoms with Crippen LogP contribution >= 0.6 is 0 Å². The molecule has 0 aliphatic heterocycles. The summed E-state index contributed by atoms with van der Waals surface area (Å²) in [7, 11) is -2.63. The Morgan fingerprint density at radius 2 is 1.12 bits per heavy atom. The highest BCUT2D eigenvalue weighted by molar-refractivity contribution is 7.72. The number of phenols is 3. The summed E-state index contributed by atoms with van der Waals surface area (Å²) < 4.78 is 21.7. The molecule has 0 aromatic heterocycles. The van der Waals surface area contributed by atoms with Crippen molar-refractivity contribution < 1.29 is 28.5 Å². The maximum absolute atomic E-state index is 11.9. The lowest BCUT2D eigenvalue weighted by molar-refractivity contribution is 0.103. The van der Waals surface area contributed by atoms with Crippen molar-refractivity contribution in [2.75, 3.05) is 0 Å². The Bertz CT molecular complexity index is 1220. The van der Waals surface area contributed by atoms with E-state index in [1.807, 2.05) is 30.3 Å². The van der Waals surface area contributed by atoms with Crippen LogP contribution in [0.3, 0.4) is 0 Å². The molecule has 6 nitrogen and oxygen atoms in total. The molecular weight excluding hydrogens is 428 g/mol. The molecule has 3 N–H and O–H groups in total. The number of hydrogen-bond acceptors (Lipinski definition) is 6. The minimum Gasteiger partial charge on any atom is -0.508 e. The van der Waals surface area contributed by atoms with Crippen LogP contribution in [0.15, 0.2) is 102 Å². The minimum atomic E-state index is -2.63. The number of hydrogen-bond donors (Lipinski definition) is 4. The average Bonchev–Trinajstić information content (AvgIpc) is 2.81. The van der Waals surface area contributed by atoms with Crippen molar-refractivity contribution in [2.24, 2.45) is 0 Å². The number of carbonyl (C=O) groups is 1. The number of aromatic hydroxyl groups is 3. The van der Waals surface area contributed by atoms with Gasteiger partial charge in [0.05, 0.1) is 4.90 Å². The fourth-order valence-electron chi connectivity index (χ4n) is 2.88. The molecule has 4 aromatic rings. The van der Waals surface area contributed by atoms with Gasteiger partial charge in [-0.05, 0) is 72.3 Å². The van der Waals surface area contributed by atoms with Crippen LogP contribution in [-0.4, -0.2) is 29.5 Å². The van der Waals surface area contributed by atoms with Crippen LogP contribution in [0.25, 0.3) is 11.1 Å². The number of ketones is 1. The van der Waals surface area contributed by atoms with Crippen molar-refractivity contribution in [3.8, 4) is 28.4 Å². The molecule has 0 bridgehead atoms. The molecule has 0 spiro atoms. The fraction of sp³-hybridized carbons (Fsp3) is 0. The molecule has 0 fully saturated rings. The summed E-state index contributed by atoms with van der Waals surface area (Å²) in [5.41, 5.74) is 2.32. The summed E-state index contributed by atoms with van der Waals surface area (Å²) in [4.78, 5) is 12.1. The fourth-order valence-corrected chi connectivity index (χ4v) is 3.31. The first-order chi connectivity index (χ1) is 15.3. The molecule has 0 aliphatic carbocycles. The molecular formula is C25H20O6S. The molecule has 4 aromatic carbocycles.